The van der Waals surface area contributed by atoms with E-state index in [9.17, 15) is 4.79 Å². The highest BCUT2D eigenvalue weighted by molar-refractivity contribution is 7.07. The second-order valence-corrected chi connectivity index (χ2v) is 7.05. The number of nitrogens with one attached hydrogen (secondary N) is 1. The Labute approximate surface area is 156 Å². The Balaban J connectivity index is 1.43. The van der Waals surface area contributed by atoms with E-state index in [2.05, 4.69) is 10.3 Å². The predicted octanol–water partition coefficient (Wildman–Crippen LogP) is 3.40. The summed E-state index contributed by atoms with van der Waals surface area (Å²) >= 11 is 1.54. The standard InChI is InChI=1S/C20H20N2O3S/c23-20(16-6-5-14-3-1-2-4-15(14)9-16)22-18-7-8-24-11-19(18)25-10-17-12-26-13-21-17/h1-6,9,12-13,18-19H,7-8,10-11H2,(H,22,23). The molecule has 5 nitrogen and oxygen atoms in total. The van der Waals surface area contributed by atoms with Crippen LogP contribution in [0.2, 0.25) is 0 Å². The lowest BCUT2D eigenvalue weighted by atomic mass is 10.0. The second kappa shape index (κ2) is 7.95. The third-order valence-electron chi connectivity index (χ3n) is 4.56. The Morgan fingerprint density at radius 3 is 3.00 bits per heavy atom. The molecule has 4 rings (SSSR count). The van der Waals surface area contributed by atoms with Gasteiger partial charge in [-0.2, -0.15) is 0 Å². The summed E-state index contributed by atoms with van der Waals surface area (Å²) in [7, 11) is 0. The van der Waals surface area contributed by atoms with E-state index in [0.29, 0.717) is 25.4 Å². The van der Waals surface area contributed by atoms with Crippen molar-refractivity contribution in [3.05, 3.63) is 64.6 Å². The van der Waals surface area contributed by atoms with Gasteiger partial charge in [0.2, 0.25) is 0 Å². The van der Waals surface area contributed by atoms with Crippen molar-refractivity contribution in [3.8, 4) is 0 Å². The van der Waals surface area contributed by atoms with Crippen molar-refractivity contribution in [3.63, 3.8) is 0 Å². The van der Waals surface area contributed by atoms with Gasteiger partial charge in [-0.25, -0.2) is 4.98 Å². The van der Waals surface area contributed by atoms with Gasteiger partial charge in [-0.3, -0.25) is 4.79 Å². The van der Waals surface area contributed by atoms with Gasteiger partial charge in [-0.1, -0.05) is 30.3 Å². The molecule has 3 aromatic rings. The summed E-state index contributed by atoms with van der Waals surface area (Å²) in [6, 6.07) is 13.7. The van der Waals surface area contributed by atoms with Crippen LogP contribution in [0.1, 0.15) is 22.5 Å². The summed E-state index contributed by atoms with van der Waals surface area (Å²) < 4.78 is 11.5. The van der Waals surface area contributed by atoms with Crippen molar-refractivity contribution in [1.29, 1.82) is 0 Å². The van der Waals surface area contributed by atoms with E-state index in [1.54, 1.807) is 16.8 Å². The maximum absolute atomic E-state index is 12.7. The first-order valence-corrected chi connectivity index (χ1v) is 9.60. The highest BCUT2D eigenvalue weighted by Gasteiger charge is 2.28. The van der Waals surface area contributed by atoms with Gasteiger partial charge in [-0.05, 0) is 29.3 Å². The number of carbonyl (C=O) groups excluding carboxylic acids is 1. The summed E-state index contributed by atoms with van der Waals surface area (Å²) in [5.74, 6) is -0.0788. The third-order valence-corrected chi connectivity index (χ3v) is 5.20. The number of aromatic nitrogens is 1. The molecule has 2 atom stereocenters. The summed E-state index contributed by atoms with van der Waals surface area (Å²) in [6.07, 6.45) is 0.566. The zero-order valence-electron chi connectivity index (χ0n) is 14.3. The quantitative estimate of drug-likeness (QED) is 0.750. The fourth-order valence-electron chi connectivity index (χ4n) is 3.12. The molecular formula is C20H20N2O3S. The van der Waals surface area contributed by atoms with E-state index in [1.165, 1.54) is 0 Å². The minimum atomic E-state index is -0.171. The number of rotatable bonds is 5. The van der Waals surface area contributed by atoms with Crippen LogP contribution in [0.4, 0.5) is 0 Å². The number of benzene rings is 2. The molecule has 0 bridgehead atoms. The Morgan fingerprint density at radius 2 is 2.15 bits per heavy atom. The first-order valence-electron chi connectivity index (χ1n) is 8.66. The molecule has 2 unspecified atom stereocenters. The molecule has 1 aliphatic heterocycles. The predicted molar refractivity (Wildman–Crippen MR) is 101 cm³/mol. The highest BCUT2D eigenvalue weighted by Crippen LogP contribution is 2.18. The molecule has 0 spiro atoms. The molecule has 6 heteroatoms. The van der Waals surface area contributed by atoms with Gasteiger partial charge in [-0.15, -0.1) is 11.3 Å². The zero-order chi connectivity index (χ0) is 17.8. The molecule has 2 heterocycles. The molecule has 1 N–H and O–H groups in total. The number of hydrogen-bond acceptors (Lipinski definition) is 5. The number of fused-ring (bicyclic) bond motifs is 1. The van der Waals surface area contributed by atoms with Crippen LogP contribution in [0.15, 0.2) is 53.4 Å². The first kappa shape index (κ1) is 17.1. The average Bonchev–Trinajstić information content (AvgIpc) is 3.20. The Bertz CT molecular complexity index is 882. The Morgan fingerprint density at radius 1 is 1.27 bits per heavy atom. The number of amides is 1. The lowest BCUT2D eigenvalue weighted by molar-refractivity contribution is -0.0742. The van der Waals surface area contributed by atoms with Gasteiger partial charge in [0.05, 0.1) is 30.5 Å². The minimum Gasteiger partial charge on any atom is -0.379 e. The highest BCUT2D eigenvalue weighted by atomic mass is 32.1. The van der Waals surface area contributed by atoms with Gasteiger partial charge in [0.25, 0.3) is 5.91 Å². The fraction of sp³-hybridized carbons (Fsp3) is 0.300. The van der Waals surface area contributed by atoms with Crippen LogP contribution in [0.25, 0.3) is 10.8 Å². The van der Waals surface area contributed by atoms with Crippen molar-refractivity contribution in [2.24, 2.45) is 0 Å². The molecule has 1 fully saturated rings. The van der Waals surface area contributed by atoms with Gasteiger partial charge in [0.1, 0.15) is 6.10 Å². The van der Waals surface area contributed by atoms with Crippen molar-refractivity contribution in [2.45, 2.75) is 25.2 Å². The van der Waals surface area contributed by atoms with E-state index in [0.717, 1.165) is 22.9 Å². The van der Waals surface area contributed by atoms with E-state index in [4.69, 9.17) is 9.47 Å². The van der Waals surface area contributed by atoms with Crippen molar-refractivity contribution in [1.82, 2.24) is 10.3 Å². The summed E-state index contributed by atoms with van der Waals surface area (Å²) in [4.78, 5) is 16.9. The second-order valence-electron chi connectivity index (χ2n) is 6.33. The summed E-state index contributed by atoms with van der Waals surface area (Å²) in [5, 5.41) is 7.27. The topological polar surface area (TPSA) is 60.5 Å². The smallest absolute Gasteiger partial charge is 0.251 e. The molecule has 2 aromatic carbocycles. The maximum atomic E-state index is 12.7. The third kappa shape index (κ3) is 3.93. The van der Waals surface area contributed by atoms with Crippen molar-refractivity contribution >= 4 is 28.0 Å². The van der Waals surface area contributed by atoms with E-state index < -0.39 is 0 Å². The number of ether oxygens (including phenoxy) is 2. The van der Waals surface area contributed by atoms with Crippen molar-refractivity contribution in [2.75, 3.05) is 13.2 Å². The molecule has 26 heavy (non-hydrogen) atoms. The largest absolute Gasteiger partial charge is 0.379 e. The summed E-state index contributed by atoms with van der Waals surface area (Å²) in [5.41, 5.74) is 3.35. The number of carbonyl (C=O) groups is 1. The van der Waals surface area contributed by atoms with E-state index >= 15 is 0 Å². The monoisotopic (exact) mass is 368 g/mol. The average molecular weight is 368 g/mol. The van der Waals surface area contributed by atoms with Crippen LogP contribution in [-0.2, 0) is 16.1 Å². The number of nitrogens with zero attached hydrogens (tertiary/aromatic N) is 1. The van der Waals surface area contributed by atoms with Gasteiger partial charge in [0, 0.05) is 17.6 Å². The van der Waals surface area contributed by atoms with Gasteiger partial charge >= 0.3 is 0 Å². The van der Waals surface area contributed by atoms with Crippen LogP contribution in [0.3, 0.4) is 0 Å². The van der Waals surface area contributed by atoms with E-state index in [-0.39, 0.29) is 18.1 Å². The van der Waals surface area contributed by atoms with Crippen LogP contribution in [0, 0.1) is 0 Å². The maximum Gasteiger partial charge on any atom is 0.251 e. The molecule has 1 saturated heterocycles. The molecule has 0 radical (unpaired) electrons. The zero-order valence-corrected chi connectivity index (χ0v) is 15.1. The van der Waals surface area contributed by atoms with Gasteiger partial charge in [0.15, 0.2) is 0 Å². The van der Waals surface area contributed by atoms with Crippen LogP contribution in [0.5, 0.6) is 0 Å². The normalized spacial score (nSPS) is 20.2. The molecule has 0 saturated carbocycles. The van der Waals surface area contributed by atoms with Crippen LogP contribution < -0.4 is 5.32 Å². The Kier molecular flexibility index (Phi) is 5.24. The van der Waals surface area contributed by atoms with E-state index in [1.807, 2.05) is 47.8 Å². The number of thiazole rings is 1. The summed E-state index contributed by atoms with van der Waals surface area (Å²) in [6.45, 7) is 1.53. The fourth-order valence-corrected chi connectivity index (χ4v) is 3.67. The van der Waals surface area contributed by atoms with Crippen LogP contribution >= 0.6 is 11.3 Å². The molecule has 0 aliphatic carbocycles. The molecular weight excluding hydrogens is 348 g/mol. The molecule has 134 valence electrons. The van der Waals surface area contributed by atoms with Gasteiger partial charge < -0.3 is 14.8 Å². The molecule has 1 aliphatic rings. The number of hydrogen-bond donors (Lipinski definition) is 1. The lowest BCUT2D eigenvalue weighted by Gasteiger charge is -2.32. The van der Waals surface area contributed by atoms with Crippen LogP contribution in [-0.4, -0.2) is 36.3 Å². The Hall–Kier alpha value is -2.28. The van der Waals surface area contributed by atoms with Crippen molar-refractivity contribution < 1.29 is 14.3 Å². The molecule has 1 amide bonds. The minimum absolute atomic E-state index is 0.0682. The SMILES string of the molecule is O=C(NC1CCOCC1OCc1cscn1)c1ccc2ccccc2c1. The lowest BCUT2D eigenvalue weighted by Crippen LogP contribution is -2.49. The molecule has 1 aromatic heterocycles. The first-order chi connectivity index (χ1) is 12.8.